The van der Waals surface area contributed by atoms with Crippen molar-refractivity contribution in [3.8, 4) is 45.0 Å². The Morgan fingerprint density at radius 3 is 1.40 bits per heavy atom. The maximum atomic E-state index is 4.75. The molecule has 2 aromatic heterocycles. The Morgan fingerprint density at radius 2 is 0.925 bits per heavy atom. The van der Waals surface area contributed by atoms with Crippen LogP contribution in [0.4, 0.5) is 0 Å². The van der Waals surface area contributed by atoms with E-state index in [0.717, 1.165) is 33.9 Å². The van der Waals surface area contributed by atoms with Gasteiger partial charge >= 0.3 is 0 Å². The summed E-state index contributed by atoms with van der Waals surface area (Å²) in [4.78, 5) is 0. The maximum absolute atomic E-state index is 4.75. The van der Waals surface area contributed by atoms with Crippen LogP contribution >= 0.6 is 0 Å². The summed E-state index contributed by atoms with van der Waals surface area (Å²) < 4.78 is 0. The van der Waals surface area contributed by atoms with Crippen LogP contribution in [0.2, 0.25) is 0 Å². The molecule has 4 heteroatoms. The van der Waals surface area contributed by atoms with Crippen molar-refractivity contribution in [2.24, 2.45) is 0 Å². The molecule has 0 bridgehead atoms. The summed E-state index contributed by atoms with van der Waals surface area (Å²) in [6, 6.07) is 30.8. The van der Waals surface area contributed by atoms with Gasteiger partial charge in [0.05, 0.1) is 22.8 Å². The summed E-state index contributed by atoms with van der Waals surface area (Å²) in [5.41, 5.74) is 11.8. The van der Waals surface area contributed by atoms with Crippen molar-refractivity contribution < 1.29 is 0 Å². The first-order valence-corrected chi connectivity index (χ1v) is 15.2. The van der Waals surface area contributed by atoms with E-state index in [-0.39, 0.29) is 0 Å². The second-order valence-corrected chi connectivity index (χ2v) is 11.8. The molecule has 2 fully saturated rings. The Bertz CT molecular complexity index is 1460. The summed E-state index contributed by atoms with van der Waals surface area (Å²) in [6.07, 6.45) is 13.2. The molecule has 40 heavy (non-hydrogen) atoms. The highest BCUT2D eigenvalue weighted by atomic mass is 15.1. The Morgan fingerprint density at radius 1 is 0.475 bits per heavy atom. The summed E-state index contributed by atoms with van der Waals surface area (Å²) in [7, 11) is 0. The Hall–Kier alpha value is -3.92. The number of nitrogens with one attached hydrogen (secondary N) is 2. The SMILES string of the molecule is c1cc(-c2cc(-c3ccccc3C3CCCCC3)[nH]n2)cc(-c2cc(-c3ccccc3C3CCCCC3)[nH]n2)c1. The minimum absolute atomic E-state index is 0.650. The Kier molecular flexibility index (Phi) is 7.08. The van der Waals surface area contributed by atoms with Crippen LogP contribution < -0.4 is 0 Å². The van der Waals surface area contributed by atoms with Gasteiger partial charge in [-0.2, -0.15) is 10.2 Å². The van der Waals surface area contributed by atoms with Crippen LogP contribution in [0, 0.1) is 0 Å². The van der Waals surface area contributed by atoms with E-state index in [2.05, 4.69) is 95.1 Å². The van der Waals surface area contributed by atoms with Crippen molar-refractivity contribution in [2.45, 2.75) is 76.0 Å². The molecule has 2 N–H and O–H groups in total. The maximum Gasteiger partial charge on any atom is 0.0927 e. The van der Waals surface area contributed by atoms with E-state index < -0.39 is 0 Å². The average molecular weight is 527 g/mol. The van der Waals surface area contributed by atoms with Crippen LogP contribution in [0.5, 0.6) is 0 Å². The second kappa shape index (κ2) is 11.3. The topological polar surface area (TPSA) is 57.4 Å². The lowest BCUT2D eigenvalue weighted by atomic mass is 9.81. The molecule has 2 aliphatic rings. The molecule has 2 heterocycles. The summed E-state index contributed by atoms with van der Waals surface area (Å²) in [5.74, 6) is 1.30. The number of rotatable bonds is 6. The summed E-state index contributed by atoms with van der Waals surface area (Å²) >= 11 is 0. The molecule has 0 spiro atoms. The minimum atomic E-state index is 0.650. The van der Waals surface area contributed by atoms with Crippen molar-refractivity contribution in [3.63, 3.8) is 0 Å². The molecule has 7 rings (SSSR count). The minimum Gasteiger partial charge on any atom is -0.277 e. The molecule has 3 aromatic carbocycles. The number of aromatic amines is 2. The van der Waals surface area contributed by atoms with E-state index in [0.29, 0.717) is 11.8 Å². The molecule has 2 saturated carbocycles. The number of aromatic nitrogens is 4. The highest BCUT2D eigenvalue weighted by molar-refractivity contribution is 5.76. The van der Waals surface area contributed by atoms with Crippen LogP contribution in [0.15, 0.2) is 84.9 Å². The van der Waals surface area contributed by atoms with Gasteiger partial charge in [0.15, 0.2) is 0 Å². The van der Waals surface area contributed by atoms with Gasteiger partial charge in [-0.15, -0.1) is 0 Å². The predicted octanol–water partition coefficient (Wildman–Crippen LogP) is 9.90. The molecular weight excluding hydrogens is 488 g/mol. The smallest absolute Gasteiger partial charge is 0.0927 e. The van der Waals surface area contributed by atoms with Gasteiger partial charge < -0.3 is 0 Å². The van der Waals surface area contributed by atoms with E-state index in [9.17, 15) is 0 Å². The number of H-pyrrole nitrogens is 2. The molecule has 5 aromatic rings. The van der Waals surface area contributed by atoms with E-state index >= 15 is 0 Å². The monoisotopic (exact) mass is 526 g/mol. The highest BCUT2D eigenvalue weighted by Gasteiger charge is 2.21. The molecule has 0 atom stereocenters. The fourth-order valence-corrected chi connectivity index (χ4v) is 7.08. The molecular formula is C36H38N4. The van der Waals surface area contributed by atoms with Crippen LogP contribution in [0.1, 0.15) is 87.2 Å². The van der Waals surface area contributed by atoms with Crippen LogP contribution in [-0.2, 0) is 0 Å². The third kappa shape index (κ3) is 5.03. The molecule has 0 unspecified atom stereocenters. The molecule has 2 aliphatic carbocycles. The molecule has 4 nitrogen and oxygen atoms in total. The van der Waals surface area contributed by atoms with Gasteiger partial charge in [-0.1, -0.05) is 105 Å². The van der Waals surface area contributed by atoms with Gasteiger partial charge in [0.25, 0.3) is 0 Å². The first kappa shape index (κ1) is 25.1. The van der Waals surface area contributed by atoms with Gasteiger partial charge in [0.2, 0.25) is 0 Å². The third-order valence-electron chi connectivity index (χ3n) is 9.20. The summed E-state index contributed by atoms with van der Waals surface area (Å²) in [5, 5.41) is 16.2. The zero-order chi connectivity index (χ0) is 26.7. The Labute approximate surface area is 237 Å². The van der Waals surface area contributed by atoms with Crippen molar-refractivity contribution in [3.05, 3.63) is 96.1 Å². The van der Waals surface area contributed by atoms with Gasteiger partial charge in [-0.05, 0) is 66.8 Å². The highest BCUT2D eigenvalue weighted by Crippen LogP contribution is 2.40. The lowest BCUT2D eigenvalue weighted by Crippen LogP contribution is -2.05. The molecule has 0 amide bonds. The predicted molar refractivity (Wildman–Crippen MR) is 164 cm³/mol. The largest absolute Gasteiger partial charge is 0.277 e. The second-order valence-electron chi connectivity index (χ2n) is 11.8. The zero-order valence-corrected chi connectivity index (χ0v) is 23.2. The van der Waals surface area contributed by atoms with Crippen molar-refractivity contribution in [2.75, 3.05) is 0 Å². The van der Waals surface area contributed by atoms with Gasteiger partial charge in [-0.25, -0.2) is 0 Å². The number of benzene rings is 3. The van der Waals surface area contributed by atoms with E-state index in [1.807, 2.05) is 0 Å². The Balaban J connectivity index is 1.16. The van der Waals surface area contributed by atoms with Crippen LogP contribution in [0.3, 0.4) is 0 Å². The van der Waals surface area contributed by atoms with E-state index in [1.165, 1.54) is 86.5 Å². The van der Waals surface area contributed by atoms with E-state index in [4.69, 9.17) is 10.2 Å². The lowest BCUT2D eigenvalue weighted by molar-refractivity contribution is 0.444. The standard InChI is InChI=1S/C36H38N4/c1-3-12-25(13-4-1)29-18-7-9-20-31(29)35-23-33(37-39-35)27-16-11-17-28(22-27)34-24-36(40-38-34)32-21-10-8-19-30(32)26-14-5-2-6-15-26/h7-11,16-26H,1-6,12-15H2,(H,37,39)(H,38,40). The fourth-order valence-electron chi connectivity index (χ4n) is 7.08. The molecule has 0 aliphatic heterocycles. The normalized spacial score (nSPS) is 16.8. The van der Waals surface area contributed by atoms with Crippen molar-refractivity contribution in [1.29, 1.82) is 0 Å². The lowest BCUT2D eigenvalue weighted by Gasteiger charge is -2.24. The molecule has 0 saturated heterocycles. The molecule has 202 valence electrons. The third-order valence-corrected chi connectivity index (χ3v) is 9.20. The van der Waals surface area contributed by atoms with Crippen LogP contribution in [0.25, 0.3) is 45.0 Å². The number of nitrogens with zero attached hydrogens (tertiary/aromatic N) is 2. The molecule has 0 radical (unpaired) electrons. The first-order valence-electron chi connectivity index (χ1n) is 15.2. The van der Waals surface area contributed by atoms with Gasteiger partial charge in [0, 0.05) is 22.3 Å². The average Bonchev–Trinajstić information content (AvgIpc) is 3.73. The van der Waals surface area contributed by atoms with Gasteiger partial charge in [0.1, 0.15) is 0 Å². The number of hydrogen-bond acceptors (Lipinski definition) is 2. The fraction of sp³-hybridized carbons (Fsp3) is 0.333. The van der Waals surface area contributed by atoms with Crippen molar-refractivity contribution >= 4 is 0 Å². The van der Waals surface area contributed by atoms with Crippen molar-refractivity contribution in [1.82, 2.24) is 20.4 Å². The van der Waals surface area contributed by atoms with Gasteiger partial charge in [-0.3, -0.25) is 10.2 Å². The van der Waals surface area contributed by atoms with E-state index in [1.54, 1.807) is 0 Å². The zero-order valence-electron chi connectivity index (χ0n) is 23.2. The quantitative estimate of drug-likeness (QED) is 0.231. The first-order chi connectivity index (χ1) is 19.8. The summed E-state index contributed by atoms with van der Waals surface area (Å²) in [6.45, 7) is 0. The van der Waals surface area contributed by atoms with Crippen LogP contribution in [-0.4, -0.2) is 20.4 Å². The number of hydrogen-bond donors (Lipinski definition) is 2.